The summed E-state index contributed by atoms with van der Waals surface area (Å²) in [4.78, 5) is 4.76. The monoisotopic (exact) mass is 972 g/mol. The molecule has 6 heteroatoms. The number of ether oxygens (including phenoxy) is 2. The molecule has 76 heavy (non-hydrogen) atoms. The summed E-state index contributed by atoms with van der Waals surface area (Å²) in [6, 6.07) is 80.4. The second-order valence-electron chi connectivity index (χ2n) is 21.8. The molecule has 4 aliphatic heterocycles. The Morgan fingerprint density at radius 1 is 0.303 bits per heavy atom. The van der Waals surface area contributed by atoms with E-state index in [4.69, 9.17) is 9.47 Å². The third-order valence-corrected chi connectivity index (χ3v) is 17.0. The summed E-state index contributed by atoms with van der Waals surface area (Å²) in [5.41, 5.74) is 21.8. The molecular weight excluding hydrogens is 922 g/mol. The van der Waals surface area contributed by atoms with Gasteiger partial charge in [-0.2, -0.15) is 0 Å². The molecule has 12 aromatic rings. The number of hydrogen-bond donors (Lipinski definition) is 0. The Bertz CT molecular complexity index is 4010. The van der Waals surface area contributed by atoms with E-state index < -0.39 is 0 Å². The lowest BCUT2D eigenvalue weighted by Crippen LogP contribution is -2.58. The van der Waals surface area contributed by atoms with E-state index in [1.807, 2.05) is 0 Å². The van der Waals surface area contributed by atoms with Crippen LogP contribution in [0.3, 0.4) is 0 Å². The normalized spacial score (nSPS) is 13.1. The van der Waals surface area contributed by atoms with Gasteiger partial charge in [0.05, 0.1) is 11.4 Å². The minimum absolute atomic E-state index is 0.0443. The van der Waals surface area contributed by atoms with Gasteiger partial charge >= 0.3 is 0 Å². The van der Waals surface area contributed by atoms with Crippen molar-refractivity contribution in [1.29, 1.82) is 0 Å². The summed E-state index contributed by atoms with van der Waals surface area (Å²) in [7, 11) is 0. The molecule has 12 aromatic carbocycles. The fourth-order valence-corrected chi connectivity index (χ4v) is 13.9. The fourth-order valence-electron chi connectivity index (χ4n) is 13.9. The summed E-state index contributed by atoms with van der Waals surface area (Å²) in [5.74, 6) is 4.11. The largest absolute Gasteiger partial charge is 0.458 e. The van der Waals surface area contributed by atoms with E-state index in [2.05, 4.69) is 256 Å². The molecule has 0 aromatic heterocycles. The molecule has 4 heterocycles. The van der Waals surface area contributed by atoms with E-state index in [0.29, 0.717) is 0 Å². The van der Waals surface area contributed by atoms with Gasteiger partial charge in [-0.05, 0) is 184 Å². The lowest BCUT2D eigenvalue weighted by molar-refractivity contribution is 0.487. The van der Waals surface area contributed by atoms with Gasteiger partial charge in [0.25, 0.3) is 13.4 Å². The van der Waals surface area contributed by atoms with Crippen LogP contribution in [0, 0.1) is 0 Å². The van der Waals surface area contributed by atoms with Crippen LogP contribution in [0.25, 0.3) is 54.6 Å². The lowest BCUT2D eigenvalue weighted by Gasteiger charge is -2.39. The summed E-state index contributed by atoms with van der Waals surface area (Å²) < 4.78 is 14.3. The standard InChI is InChI=1S/C70H50B2N2O2/c1-41(2)49-37-51-55-33-47(73(43-21-9-5-10-22-43)44-23-11-6-12-24-44)35-63-69(55)72(58-30-18-20-32-62(58)75-63)60-40-54-50(42(3)4)38-52-56-34-48(74(45-25-13-7-14-26-45)46-27-15-8-16-28-46)36-64-70(56)71(57-29-17-19-31-61(57)76-64)59-39-53(49)67(65(51)60)68(54)66(52)59/h5-42H,1-4H3. The Morgan fingerprint density at radius 3 is 1.00 bits per heavy atom. The minimum Gasteiger partial charge on any atom is -0.458 e. The van der Waals surface area contributed by atoms with Crippen LogP contribution in [0.15, 0.2) is 218 Å². The van der Waals surface area contributed by atoms with Gasteiger partial charge in [-0.1, -0.05) is 160 Å². The molecule has 0 bridgehead atoms. The van der Waals surface area contributed by atoms with Crippen molar-refractivity contribution in [1.82, 2.24) is 0 Å². The predicted octanol–water partition coefficient (Wildman–Crippen LogP) is 15.0. The third-order valence-electron chi connectivity index (χ3n) is 17.0. The molecule has 0 atom stereocenters. The topological polar surface area (TPSA) is 24.9 Å². The molecule has 0 aliphatic carbocycles. The predicted molar refractivity (Wildman–Crippen MR) is 321 cm³/mol. The highest BCUT2D eigenvalue weighted by Crippen LogP contribution is 2.52. The highest BCUT2D eigenvalue weighted by atomic mass is 16.5. The van der Waals surface area contributed by atoms with E-state index in [-0.39, 0.29) is 25.3 Å². The first-order chi connectivity index (χ1) is 37.4. The number of rotatable bonds is 8. The van der Waals surface area contributed by atoms with Crippen LogP contribution < -0.4 is 52.1 Å². The molecule has 0 saturated carbocycles. The van der Waals surface area contributed by atoms with E-state index in [1.165, 1.54) is 98.5 Å². The highest BCUT2D eigenvalue weighted by molar-refractivity contribution is 7.01. The zero-order chi connectivity index (χ0) is 50.5. The van der Waals surface area contributed by atoms with Gasteiger partial charge in [-0.15, -0.1) is 0 Å². The minimum atomic E-state index is -0.0443. The van der Waals surface area contributed by atoms with Gasteiger partial charge in [-0.25, -0.2) is 0 Å². The van der Waals surface area contributed by atoms with E-state index >= 15 is 0 Å². The van der Waals surface area contributed by atoms with Crippen molar-refractivity contribution in [2.75, 3.05) is 9.80 Å². The van der Waals surface area contributed by atoms with Crippen molar-refractivity contribution in [3.05, 3.63) is 230 Å². The van der Waals surface area contributed by atoms with E-state index in [1.54, 1.807) is 0 Å². The molecule has 4 aliphatic rings. The molecule has 358 valence electrons. The second kappa shape index (κ2) is 16.3. The van der Waals surface area contributed by atoms with Crippen LogP contribution in [0.2, 0.25) is 0 Å². The van der Waals surface area contributed by atoms with Crippen LogP contribution in [0.4, 0.5) is 34.1 Å². The number of benzene rings is 12. The third kappa shape index (κ3) is 6.10. The Kier molecular flexibility index (Phi) is 9.28. The van der Waals surface area contributed by atoms with Crippen molar-refractivity contribution in [3.8, 4) is 45.3 Å². The zero-order valence-electron chi connectivity index (χ0n) is 42.8. The lowest BCUT2D eigenvalue weighted by atomic mass is 9.31. The van der Waals surface area contributed by atoms with Crippen LogP contribution in [-0.4, -0.2) is 13.4 Å². The van der Waals surface area contributed by atoms with Crippen molar-refractivity contribution < 1.29 is 9.47 Å². The van der Waals surface area contributed by atoms with Crippen molar-refractivity contribution in [3.63, 3.8) is 0 Å². The Hall–Kier alpha value is -8.99. The SMILES string of the molecule is CC(C)c1cc2c3c(cc4c(C(C)C)cc5c6c(cc1c3c46)B1c3ccccc3Oc3cc(N(c4ccccc4)c4ccccc4)cc-5c31)B1c3ccccc3Oc3cc(N(c4ccccc4)c4ccccc4)cc-2c31. The molecule has 4 nitrogen and oxygen atoms in total. The first kappa shape index (κ1) is 43.4. The average molecular weight is 973 g/mol. The highest BCUT2D eigenvalue weighted by Gasteiger charge is 2.45. The molecule has 0 saturated heterocycles. The maximum Gasteiger partial charge on any atom is 0.252 e. The molecule has 0 unspecified atom stereocenters. The van der Waals surface area contributed by atoms with Gasteiger partial charge in [0.2, 0.25) is 0 Å². The Morgan fingerprint density at radius 2 is 0.645 bits per heavy atom. The van der Waals surface area contributed by atoms with Crippen LogP contribution in [0.1, 0.15) is 50.7 Å². The number of hydrogen-bond acceptors (Lipinski definition) is 4. The first-order valence-corrected chi connectivity index (χ1v) is 26.9. The smallest absolute Gasteiger partial charge is 0.252 e. The molecule has 0 N–H and O–H groups in total. The van der Waals surface area contributed by atoms with Crippen molar-refractivity contribution >= 4 is 113 Å². The molecule has 0 fully saturated rings. The average Bonchev–Trinajstić information content (AvgIpc) is 3.59. The summed E-state index contributed by atoms with van der Waals surface area (Å²) in [6.45, 7) is 9.43. The number of fused-ring (bicyclic) bond motifs is 8. The van der Waals surface area contributed by atoms with Crippen LogP contribution in [0.5, 0.6) is 23.0 Å². The van der Waals surface area contributed by atoms with Gasteiger partial charge in [0.1, 0.15) is 23.0 Å². The van der Waals surface area contributed by atoms with Gasteiger partial charge in [-0.3, -0.25) is 0 Å². The molecular formula is C70H50B2N2O2. The van der Waals surface area contributed by atoms with Gasteiger partial charge in [0.15, 0.2) is 0 Å². The first-order valence-electron chi connectivity index (χ1n) is 26.9. The summed E-state index contributed by atoms with van der Waals surface area (Å²) in [5, 5.41) is 8.12. The Labute approximate surface area is 443 Å². The van der Waals surface area contributed by atoms with Gasteiger partial charge < -0.3 is 19.3 Å². The van der Waals surface area contributed by atoms with Crippen molar-refractivity contribution in [2.45, 2.75) is 39.5 Å². The number of para-hydroxylation sites is 6. The maximum absolute atomic E-state index is 7.17. The molecule has 0 amide bonds. The van der Waals surface area contributed by atoms with Gasteiger partial charge in [0, 0.05) is 34.9 Å². The number of nitrogens with zero attached hydrogens (tertiary/aromatic N) is 2. The second-order valence-corrected chi connectivity index (χ2v) is 21.8. The van der Waals surface area contributed by atoms with E-state index in [0.717, 1.165) is 57.1 Å². The molecule has 0 radical (unpaired) electrons. The van der Waals surface area contributed by atoms with Crippen LogP contribution in [-0.2, 0) is 0 Å². The quantitative estimate of drug-likeness (QED) is 0.112. The maximum atomic E-state index is 7.17. The molecule has 0 spiro atoms. The number of anilines is 6. The van der Waals surface area contributed by atoms with Crippen molar-refractivity contribution in [2.24, 2.45) is 0 Å². The van der Waals surface area contributed by atoms with Crippen LogP contribution >= 0.6 is 0 Å². The zero-order valence-corrected chi connectivity index (χ0v) is 42.8. The fraction of sp³-hybridized carbons (Fsp3) is 0.0857. The summed E-state index contributed by atoms with van der Waals surface area (Å²) >= 11 is 0. The van der Waals surface area contributed by atoms with E-state index in [9.17, 15) is 0 Å². The Balaban J connectivity index is 1.05. The molecule has 16 rings (SSSR count). The summed E-state index contributed by atoms with van der Waals surface area (Å²) in [6.07, 6.45) is 0.